The van der Waals surface area contributed by atoms with Gasteiger partial charge in [-0.05, 0) is 12.1 Å². The Bertz CT molecular complexity index is 910. The molecule has 0 saturated carbocycles. The van der Waals surface area contributed by atoms with Gasteiger partial charge in [0, 0.05) is 5.92 Å². The molecule has 0 fully saturated rings. The smallest absolute Gasteiger partial charge is 0.254 e. The van der Waals surface area contributed by atoms with E-state index in [0.717, 1.165) is 0 Å². The molecule has 0 spiro atoms. The van der Waals surface area contributed by atoms with Crippen molar-refractivity contribution < 1.29 is 9.59 Å². The molecule has 0 aliphatic carbocycles. The first-order valence-electron chi connectivity index (χ1n) is 7.41. The molecule has 124 valence electrons. The standard InChI is InChI=1S/C15H17N7O2/c1-9(2)15(24)18-12-6-21(20-19-12)7-13(23)22-8-17-14-10(16)4-3-5-11(14)22/h3-6,8-9H,7,16H2,1-2H3,(H,18,24). The third kappa shape index (κ3) is 2.96. The van der Waals surface area contributed by atoms with Gasteiger partial charge in [-0.15, -0.1) is 5.10 Å². The number of carbonyl (C=O) groups is 2. The van der Waals surface area contributed by atoms with Gasteiger partial charge in [0.15, 0.2) is 5.82 Å². The summed E-state index contributed by atoms with van der Waals surface area (Å²) in [6.07, 6.45) is 2.94. The summed E-state index contributed by atoms with van der Waals surface area (Å²) >= 11 is 0. The van der Waals surface area contributed by atoms with Gasteiger partial charge in [0.1, 0.15) is 18.4 Å². The summed E-state index contributed by atoms with van der Waals surface area (Å²) in [5.41, 5.74) is 7.56. The summed E-state index contributed by atoms with van der Waals surface area (Å²) in [5, 5.41) is 10.3. The molecule has 0 radical (unpaired) electrons. The summed E-state index contributed by atoms with van der Waals surface area (Å²) in [7, 11) is 0. The number of para-hydroxylation sites is 1. The summed E-state index contributed by atoms with van der Waals surface area (Å²) in [6.45, 7) is 3.52. The van der Waals surface area contributed by atoms with Crippen molar-refractivity contribution in [2.45, 2.75) is 20.4 Å². The predicted molar refractivity (Wildman–Crippen MR) is 88.3 cm³/mol. The summed E-state index contributed by atoms with van der Waals surface area (Å²) < 4.78 is 2.77. The lowest BCUT2D eigenvalue weighted by Crippen LogP contribution is -2.18. The third-order valence-electron chi connectivity index (χ3n) is 3.49. The number of imidazole rings is 1. The van der Waals surface area contributed by atoms with E-state index >= 15 is 0 Å². The van der Waals surface area contributed by atoms with Crippen LogP contribution in [-0.2, 0) is 11.3 Å². The third-order valence-corrected chi connectivity index (χ3v) is 3.49. The number of fused-ring (bicyclic) bond motifs is 1. The monoisotopic (exact) mass is 327 g/mol. The molecule has 0 aliphatic rings. The Kier molecular flexibility index (Phi) is 3.98. The average Bonchev–Trinajstić information content (AvgIpc) is 3.14. The Balaban J connectivity index is 1.76. The van der Waals surface area contributed by atoms with Gasteiger partial charge in [0.05, 0.1) is 17.4 Å². The van der Waals surface area contributed by atoms with E-state index in [-0.39, 0.29) is 24.3 Å². The van der Waals surface area contributed by atoms with Crippen LogP contribution in [0.2, 0.25) is 0 Å². The zero-order valence-electron chi connectivity index (χ0n) is 13.3. The first-order chi connectivity index (χ1) is 11.5. The number of carbonyl (C=O) groups excluding carboxylic acids is 2. The zero-order valence-corrected chi connectivity index (χ0v) is 13.3. The Morgan fingerprint density at radius 1 is 1.33 bits per heavy atom. The molecule has 9 nitrogen and oxygen atoms in total. The van der Waals surface area contributed by atoms with Crippen molar-refractivity contribution in [2.75, 3.05) is 11.1 Å². The molecule has 2 aromatic heterocycles. The quantitative estimate of drug-likeness (QED) is 0.693. The fraction of sp³-hybridized carbons (Fsp3) is 0.267. The van der Waals surface area contributed by atoms with Gasteiger partial charge in [-0.25, -0.2) is 9.67 Å². The summed E-state index contributed by atoms with van der Waals surface area (Å²) in [6, 6.07) is 5.26. The minimum atomic E-state index is -0.241. The van der Waals surface area contributed by atoms with Gasteiger partial charge in [0.2, 0.25) is 5.91 Å². The minimum Gasteiger partial charge on any atom is -0.397 e. The normalized spacial score (nSPS) is 11.1. The van der Waals surface area contributed by atoms with Gasteiger partial charge < -0.3 is 11.1 Å². The van der Waals surface area contributed by atoms with Crippen LogP contribution in [0.1, 0.15) is 18.6 Å². The van der Waals surface area contributed by atoms with E-state index < -0.39 is 0 Å². The second-order valence-electron chi connectivity index (χ2n) is 5.67. The topological polar surface area (TPSA) is 121 Å². The van der Waals surface area contributed by atoms with E-state index in [1.54, 1.807) is 32.0 Å². The highest BCUT2D eigenvalue weighted by Gasteiger charge is 2.14. The van der Waals surface area contributed by atoms with E-state index in [0.29, 0.717) is 22.5 Å². The van der Waals surface area contributed by atoms with Crippen LogP contribution in [0.15, 0.2) is 30.7 Å². The van der Waals surface area contributed by atoms with Crippen LogP contribution < -0.4 is 11.1 Å². The first-order valence-corrected chi connectivity index (χ1v) is 7.41. The second-order valence-corrected chi connectivity index (χ2v) is 5.67. The molecule has 0 atom stereocenters. The fourth-order valence-electron chi connectivity index (χ4n) is 2.18. The average molecular weight is 327 g/mol. The number of nitrogen functional groups attached to an aromatic ring is 1. The molecule has 1 aromatic carbocycles. The molecule has 0 saturated heterocycles. The van der Waals surface area contributed by atoms with Crippen molar-refractivity contribution in [1.82, 2.24) is 24.5 Å². The van der Waals surface area contributed by atoms with Gasteiger partial charge in [-0.1, -0.05) is 25.1 Å². The molecule has 3 rings (SSSR count). The molecule has 3 N–H and O–H groups in total. The van der Waals surface area contributed by atoms with Crippen LogP contribution in [0.4, 0.5) is 11.5 Å². The van der Waals surface area contributed by atoms with E-state index in [1.165, 1.54) is 21.8 Å². The van der Waals surface area contributed by atoms with Crippen molar-refractivity contribution in [3.8, 4) is 0 Å². The van der Waals surface area contributed by atoms with Gasteiger partial charge in [-0.2, -0.15) is 0 Å². The van der Waals surface area contributed by atoms with E-state index in [2.05, 4.69) is 20.6 Å². The number of amides is 1. The molecule has 2 heterocycles. The fourth-order valence-corrected chi connectivity index (χ4v) is 2.18. The largest absolute Gasteiger partial charge is 0.397 e. The van der Waals surface area contributed by atoms with Crippen molar-refractivity contribution in [3.05, 3.63) is 30.7 Å². The maximum absolute atomic E-state index is 12.4. The molecule has 24 heavy (non-hydrogen) atoms. The van der Waals surface area contributed by atoms with E-state index in [9.17, 15) is 9.59 Å². The summed E-state index contributed by atoms with van der Waals surface area (Å²) in [5.74, 6) is -0.264. The maximum atomic E-state index is 12.4. The number of hydrogen-bond donors (Lipinski definition) is 2. The second kappa shape index (κ2) is 6.11. The van der Waals surface area contributed by atoms with Crippen molar-refractivity contribution in [2.24, 2.45) is 5.92 Å². The number of nitrogens with one attached hydrogen (secondary N) is 1. The van der Waals surface area contributed by atoms with Gasteiger partial charge in [0.25, 0.3) is 5.91 Å². The first kappa shape index (κ1) is 15.7. The number of anilines is 2. The van der Waals surface area contributed by atoms with Crippen LogP contribution >= 0.6 is 0 Å². The minimum absolute atomic E-state index is 0.0369. The highest BCUT2D eigenvalue weighted by atomic mass is 16.2. The molecule has 0 bridgehead atoms. The van der Waals surface area contributed by atoms with E-state index in [4.69, 9.17) is 5.73 Å². The van der Waals surface area contributed by atoms with Crippen molar-refractivity contribution in [1.29, 1.82) is 0 Å². The lowest BCUT2D eigenvalue weighted by molar-refractivity contribution is -0.118. The molecule has 1 amide bonds. The highest BCUT2D eigenvalue weighted by Crippen LogP contribution is 2.19. The van der Waals surface area contributed by atoms with Gasteiger partial charge >= 0.3 is 0 Å². The Morgan fingerprint density at radius 3 is 2.88 bits per heavy atom. The molecule has 0 aliphatic heterocycles. The lowest BCUT2D eigenvalue weighted by atomic mass is 10.2. The molecule has 9 heteroatoms. The lowest BCUT2D eigenvalue weighted by Gasteiger charge is -2.04. The van der Waals surface area contributed by atoms with Crippen molar-refractivity contribution >= 4 is 34.4 Å². The maximum Gasteiger partial charge on any atom is 0.254 e. The number of nitrogens with two attached hydrogens (primary N) is 1. The number of hydrogen-bond acceptors (Lipinski definition) is 6. The Morgan fingerprint density at radius 2 is 2.12 bits per heavy atom. The molecule has 3 aromatic rings. The highest BCUT2D eigenvalue weighted by molar-refractivity contribution is 5.95. The molecular formula is C15H17N7O2. The summed E-state index contributed by atoms with van der Waals surface area (Å²) in [4.78, 5) is 28.2. The predicted octanol–water partition coefficient (Wildman–Crippen LogP) is 1.14. The number of benzene rings is 1. The van der Waals surface area contributed by atoms with Crippen LogP contribution in [0.5, 0.6) is 0 Å². The number of aromatic nitrogens is 5. The van der Waals surface area contributed by atoms with Gasteiger partial charge in [-0.3, -0.25) is 14.2 Å². The Hall–Kier alpha value is -3.23. The molecule has 0 unspecified atom stereocenters. The van der Waals surface area contributed by atoms with Crippen LogP contribution in [0, 0.1) is 5.92 Å². The zero-order chi connectivity index (χ0) is 17.3. The van der Waals surface area contributed by atoms with E-state index in [1.807, 2.05) is 0 Å². The van der Waals surface area contributed by atoms with Crippen LogP contribution in [0.3, 0.4) is 0 Å². The SMILES string of the molecule is CC(C)C(=O)Nc1cn(CC(=O)n2cnc3c(N)cccc32)nn1. The number of nitrogens with zero attached hydrogens (tertiary/aromatic N) is 5. The number of rotatable bonds is 4. The molecular weight excluding hydrogens is 310 g/mol. The van der Waals surface area contributed by atoms with Crippen molar-refractivity contribution in [3.63, 3.8) is 0 Å². The Labute approximate surface area is 137 Å². The van der Waals surface area contributed by atoms with Crippen LogP contribution in [-0.4, -0.2) is 36.4 Å². The van der Waals surface area contributed by atoms with Crippen LogP contribution in [0.25, 0.3) is 11.0 Å².